The smallest absolute Gasteiger partial charge is 0.130 e. The van der Waals surface area contributed by atoms with Crippen molar-refractivity contribution in [1.82, 2.24) is 0 Å². The van der Waals surface area contributed by atoms with Gasteiger partial charge in [-0.25, -0.2) is 8.78 Å². The van der Waals surface area contributed by atoms with Crippen LogP contribution in [0.25, 0.3) is 0 Å². The Bertz CT molecular complexity index is 915. The molecule has 3 heteroatoms. The standard InChI is InChI=1S/C27H30F2O/c1-3-30-25-13-12-23-16-22(10-11-24(23)17-25)21-8-6-19(7-9-21)4-5-20-14-26(28)18(2)27(29)15-20/h6-9,14-15,22-25H,3,10-13,16-17H2,1-2H3. The third-order valence-electron chi connectivity index (χ3n) is 6.98. The van der Waals surface area contributed by atoms with Gasteiger partial charge in [-0.05, 0) is 100.0 Å². The molecule has 0 heterocycles. The summed E-state index contributed by atoms with van der Waals surface area (Å²) < 4.78 is 33.3. The second kappa shape index (κ2) is 9.31. The van der Waals surface area contributed by atoms with Crippen LogP contribution in [0.4, 0.5) is 8.78 Å². The summed E-state index contributed by atoms with van der Waals surface area (Å²) in [5, 5.41) is 0. The van der Waals surface area contributed by atoms with E-state index in [-0.39, 0.29) is 5.56 Å². The Morgan fingerprint density at radius 3 is 2.20 bits per heavy atom. The molecule has 0 bridgehead atoms. The zero-order valence-electron chi connectivity index (χ0n) is 17.9. The average Bonchev–Trinajstić information content (AvgIpc) is 2.76. The van der Waals surface area contributed by atoms with Crippen LogP contribution in [0.5, 0.6) is 0 Å². The molecule has 0 saturated heterocycles. The average molecular weight is 409 g/mol. The number of rotatable bonds is 3. The van der Waals surface area contributed by atoms with Crippen LogP contribution in [0.1, 0.15) is 73.6 Å². The van der Waals surface area contributed by atoms with Gasteiger partial charge in [-0.3, -0.25) is 0 Å². The molecule has 2 aromatic rings. The molecule has 0 radical (unpaired) electrons. The van der Waals surface area contributed by atoms with Gasteiger partial charge >= 0.3 is 0 Å². The van der Waals surface area contributed by atoms with Crippen LogP contribution in [-0.2, 0) is 4.74 Å². The number of ether oxygens (including phenoxy) is 1. The van der Waals surface area contributed by atoms with Crippen molar-refractivity contribution in [3.05, 3.63) is 70.3 Å². The summed E-state index contributed by atoms with van der Waals surface area (Å²) in [6.07, 6.45) is 8.02. The minimum Gasteiger partial charge on any atom is -0.378 e. The highest BCUT2D eigenvalue weighted by atomic mass is 19.1. The van der Waals surface area contributed by atoms with Crippen LogP contribution < -0.4 is 0 Å². The minimum absolute atomic E-state index is 0.0333. The molecule has 0 amide bonds. The summed E-state index contributed by atoms with van der Waals surface area (Å²) in [5.74, 6) is 7.07. The monoisotopic (exact) mass is 408 g/mol. The van der Waals surface area contributed by atoms with Crippen molar-refractivity contribution in [2.75, 3.05) is 6.61 Å². The molecule has 30 heavy (non-hydrogen) atoms. The molecule has 2 fully saturated rings. The third-order valence-corrected chi connectivity index (χ3v) is 6.98. The second-order valence-corrected chi connectivity index (χ2v) is 8.86. The molecule has 0 aromatic heterocycles. The van der Waals surface area contributed by atoms with Gasteiger partial charge in [0.25, 0.3) is 0 Å². The quantitative estimate of drug-likeness (QED) is 0.510. The first-order valence-electron chi connectivity index (χ1n) is 11.2. The maximum atomic E-state index is 13.7. The Kier molecular flexibility index (Phi) is 6.54. The van der Waals surface area contributed by atoms with Crippen LogP contribution in [0, 0.1) is 42.2 Å². The topological polar surface area (TPSA) is 9.23 Å². The molecule has 1 nitrogen and oxygen atoms in total. The van der Waals surface area contributed by atoms with E-state index in [1.807, 2.05) is 12.1 Å². The summed E-state index contributed by atoms with van der Waals surface area (Å²) in [7, 11) is 0. The van der Waals surface area contributed by atoms with Gasteiger partial charge in [-0.15, -0.1) is 0 Å². The van der Waals surface area contributed by atoms with Crippen molar-refractivity contribution in [3.8, 4) is 11.8 Å². The first kappa shape index (κ1) is 21.1. The van der Waals surface area contributed by atoms with Crippen LogP contribution in [-0.4, -0.2) is 12.7 Å². The third kappa shape index (κ3) is 4.76. The predicted octanol–water partition coefficient (Wildman–Crippen LogP) is 6.76. The van der Waals surface area contributed by atoms with Crippen molar-refractivity contribution in [1.29, 1.82) is 0 Å². The molecule has 0 spiro atoms. The summed E-state index contributed by atoms with van der Waals surface area (Å²) in [4.78, 5) is 0. The second-order valence-electron chi connectivity index (χ2n) is 8.86. The van der Waals surface area contributed by atoms with Gasteiger partial charge in [0.05, 0.1) is 6.10 Å². The lowest BCUT2D eigenvalue weighted by molar-refractivity contribution is -0.00955. The Balaban J connectivity index is 1.39. The maximum Gasteiger partial charge on any atom is 0.130 e. The molecule has 2 aliphatic carbocycles. The van der Waals surface area contributed by atoms with Crippen molar-refractivity contribution in [3.63, 3.8) is 0 Å². The van der Waals surface area contributed by atoms with E-state index >= 15 is 0 Å². The van der Waals surface area contributed by atoms with Gasteiger partial charge in [-0.1, -0.05) is 24.0 Å². The van der Waals surface area contributed by atoms with Crippen LogP contribution in [0.15, 0.2) is 36.4 Å². The summed E-state index contributed by atoms with van der Waals surface area (Å²) in [6.45, 7) is 4.35. The molecule has 2 aliphatic rings. The summed E-state index contributed by atoms with van der Waals surface area (Å²) >= 11 is 0. The Labute approximate surface area is 178 Å². The Morgan fingerprint density at radius 1 is 0.867 bits per heavy atom. The van der Waals surface area contributed by atoms with E-state index in [4.69, 9.17) is 4.74 Å². The van der Waals surface area contributed by atoms with E-state index < -0.39 is 11.6 Å². The van der Waals surface area contributed by atoms with E-state index in [1.54, 1.807) is 0 Å². The molecule has 4 atom stereocenters. The van der Waals surface area contributed by atoms with E-state index in [1.165, 1.54) is 63.1 Å². The SMILES string of the molecule is CCOC1CCC2CC(c3ccc(C#Cc4cc(F)c(C)c(F)c4)cc3)CCC2C1. The van der Waals surface area contributed by atoms with Gasteiger partial charge in [0, 0.05) is 23.3 Å². The van der Waals surface area contributed by atoms with Gasteiger partial charge in [0.2, 0.25) is 0 Å². The number of hydrogen-bond donors (Lipinski definition) is 0. The number of hydrogen-bond acceptors (Lipinski definition) is 1. The van der Waals surface area contributed by atoms with Crippen molar-refractivity contribution in [2.45, 2.75) is 64.4 Å². The maximum absolute atomic E-state index is 13.7. The predicted molar refractivity (Wildman–Crippen MR) is 116 cm³/mol. The Morgan fingerprint density at radius 2 is 1.50 bits per heavy atom. The summed E-state index contributed by atoms with van der Waals surface area (Å²) in [6, 6.07) is 11.0. The van der Waals surface area contributed by atoms with Crippen molar-refractivity contribution in [2.24, 2.45) is 11.8 Å². The van der Waals surface area contributed by atoms with Crippen LogP contribution in [0.2, 0.25) is 0 Å². The lowest BCUT2D eigenvalue weighted by Gasteiger charge is -2.42. The molecular weight excluding hydrogens is 378 g/mol. The van der Waals surface area contributed by atoms with Gasteiger partial charge < -0.3 is 4.74 Å². The molecule has 4 unspecified atom stereocenters. The fourth-order valence-corrected chi connectivity index (χ4v) is 5.24. The normalized spacial score (nSPS) is 25.9. The Hall–Kier alpha value is -2.18. The number of halogens is 2. The van der Waals surface area contributed by atoms with Gasteiger partial charge in [-0.2, -0.15) is 0 Å². The van der Waals surface area contributed by atoms with Crippen LogP contribution in [0.3, 0.4) is 0 Å². The highest BCUT2D eigenvalue weighted by molar-refractivity contribution is 5.45. The fraction of sp³-hybridized carbons (Fsp3) is 0.481. The molecule has 2 saturated carbocycles. The van der Waals surface area contributed by atoms with Crippen LogP contribution >= 0.6 is 0 Å². The number of fused-ring (bicyclic) bond motifs is 1. The zero-order valence-corrected chi connectivity index (χ0v) is 17.9. The molecule has 0 N–H and O–H groups in total. The van der Waals surface area contributed by atoms with Crippen molar-refractivity contribution < 1.29 is 13.5 Å². The first-order valence-corrected chi connectivity index (χ1v) is 11.2. The lowest BCUT2D eigenvalue weighted by Crippen LogP contribution is -2.33. The first-order chi connectivity index (χ1) is 14.5. The highest BCUT2D eigenvalue weighted by Gasteiger charge is 2.36. The largest absolute Gasteiger partial charge is 0.378 e. The molecule has 0 aliphatic heterocycles. The van der Waals surface area contributed by atoms with E-state index in [0.717, 1.165) is 24.0 Å². The van der Waals surface area contributed by atoms with Crippen molar-refractivity contribution >= 4 is 0 Å². The van der Waals surface area contributed by atoms with Gasteiger partial charge in [0.15, 0.2) is 0 Å². The molecule has 158 valence electrons. The molecule has 4 rings (SSSR count). The van der Waals surface area contributed by atoms with E-state index in [2.05, 4.69) is 30.9 Å². The minimum atomic E-state index is -0.555. The van der Waals surface area contributed by atoms with Gasteiger partial charge in [0.1, 0.15) is 11.6 Å². The van der Waals surface area contributed by atoms with E-state index in [9.17, 15) is 8.78 Å². The zero-order chi connectivity index (χ0) is 21.1. The molecule has 2 aromatic carbocycles. The lowest BCUT2D eigenvalue weighted by atomic mass is 9.65. The number of benzene rings is 2. The summed E-state index contributed by atoms with van der Waals surface area (Å²) in [5.41, 5.74) is 2.65. The fourth-order valence-electron chi connectivity index (χ4n) is 5.24. The highest BCUT2D eigenvalue weighted by Crippen LogP contribution is 2.46. The molecular formula is C27H30F2O. The van der Waals surface area contributed by atoms with E-state index in [0.29, 0.717) is 17.6 Å².